The van der Waals surface area contributed by atoms with E-state index in [1.54, 1.807) is 37.2 Å². The molecule has 7 nitrogen and oxygen atoms in total. The largest absolute Gasteiger partial charge is 0.324 e. The first kappa shape index (κ1) is 24.5. The van der Waals surface area contributed by atoms with Crippen LogP contribution in [0, 0.1) is 5.82 Å². The van der Waals surface area contributed by atoms with Crippen molar-refractivity contribution in [2.45, 2.75) is 18.5 Å². The number of rotatable bonds is 4. The number of likely N-dealkylation sites (tertiary alicyclic amines) is 1. The van der Waals surface area contributed by atoms with Gasteiger partial charge in [0.25, 0.3) is 0 Å². The Hall–Kier alpha value is -3.14. The normalized spacial score (nSPS) is 18.7. The molecule has 2 aromatic heterocycles. The summed E-state index contributed by atoms with van der Waals surface area (Å²) in [5, 5.41) is 2.50. The van der Waals surface area contributed by atoms with Crippen molar-refractivity contribution in [1.29, 1.82) is 0 Å². The van der Waals surface area contributed by atoms with Crippen molar-refractivity contribution in [3.8, 4) is 11.1 Å². The molecule has 0 spiro atoms. The third kappa shape index (κ3) is 4.21. The number of likely N-dealkylation sites (N-methyl/N-ethyl adjacent to an activating group) is 1. The molecule has 4 heterocycles. The summed E-state index contributed by atoms with van der Waals surface area (Å²) in [5.41, 5.74) is 0.236. The smallest absolute Gasteiger partial charge is 0.244 e. The van der Waals surface area contributed by atoms with Crippen LogP contribution in [-0.2, 0) is 15.3 Å². The molecule has 2 aliphatic rings. The van der Waals surface area contributed by atoms with Crippen LogP contribution < -0.4 is 10.2 Å². The second-order valence-corrected chi connectivity index (χ2v) is 9.85. The fourth-order valence-electron chi connectivity index (χ4n) is 4.69. The standard InChI is InChI=1S/C25H21Cl2F2N5O2/c1-13-22-15(4-3-7-30-22)21-18(9-19(32-23(21)27)25(29)11-33(2)12-25)34(24(13)36)10-20(35)31-14-5-6-16(26)17(28)8-14/h3-9,13H,10-12H2,1-2H3,(H,31,35). The van der Waals surface area contributed by atoms with Crippen LogP contribution in [0.25, 0.3) is 11.1 Å². The predicted octanol–water partition coefficient (Wildman–Crippen LogP) is 4.79. The van der Waals surface area contributed by atoms with E-state index in [0.717, 1.165) is 6.07 Å². The van der Waals surface area contributed by atoms with Crippen molar-refractivity contribution >= 4 is 46.4 Å². The molecule has 3 aromatic rings. The van der Waals surface area contributed by atoms with Crippen LogP contribution in [0.4, 0.5) is 20.2 Å². The van der Waals surface area contributed by atoms with E-state index in [2.05, 4.69) is 15.3 Å². The first-order valence-electron chi connectivity index (χ1n) is 11.2. The van der Waals surface area contributed by atoms with Gasteiger partial charge in [0.2, 0.25) is 11.8 Å². The lowest BCUT2D eigenvalue weighted by atomic mass is 9.91. The zero-order valence-corrected chi connectivity index (χ0v) is 20.9. The summed E-state index contributed by atoms with van der Waals surface area (Å²) >= 11 is 12.3. The molecule has 1 atom stereocenters. The topological polar surface area (TPSA) is 78.4 Å². The second kappa shape index (κ2) is 9.06. The van der Waals surface area contributed by atoms with E-state index in [1.807, 2.05) is 0 Å². The number of hydrogen-bond acceptors (Lipinski definition) is 5. The van der Waals surface area contributed by atoms with Gasteiger partial charge in [-0.15, -0.1) is 0 Å². The van der Waals surface area contributed by atoms with Crippen LogP contribution in [0.15, 0.2) is 42.6 Å². The number of pyridine rings is 2. The Morgan fingerprint density at radius 2 is 2.00 bits per heavy atom. The Labute approximate surface area is 216 Å². The number of hydrogen-bond donors (Lipinski definition) is 1. The van der Waals surface area contributed by atoms with Gasteiger partial charge >= 0.3 is 0 Å². The van der Waals surface area contributed by atoms with E-state index >= 15 is 4.39 Å². The molecule has 2 amide bonds. The molecule has 0 bridgehead atoms. The summed E-state index contributed by atoms with van der Waals surface area (Å²) in [7, 11) is 1.78. The molecular formula is C25H21Cl2F2N5O2. The van der Waals surface area contributed by atoms with Crippen molar-refractivity contribution in [2.24, 2.45) is 0 Å². The predicted molar refractivity (Wildman–Crippen MR) is 134 cm³/mol. The van der Waals surface area contributed by atoms with E-state index in [0.29, 0.717) is 16.8 Å². The molecule has 1 saturated heterocycles. The summed E-state index contributed by atoms with van der Waals surface area (Å²) in [6.07, 6.45) is 1.57. The highest BCUT2D eigenvalue weighted by Gasteiger charge is 2.46. The summed E-state index contributed by atoms with van der Waals surface area (Å²) in [6, 6.07) is 8.80. The SMILES string of the molecule is CC1C(=O)N(CC(=O)Nc2ccc(Cl)c(F)c2)c2cc(C3(F)CN(C)C3)nc(Cl)c2-c2cccnc21. The number of halogens is 4. The van der Waals surface area contributed by atoms with Gasteiger partial charge in [0.1, 0.15) is 17.5 Å². The van der Waals surface area contributed by atoms with E-state index in [9.17, 15) is 14.0 Å². The molecule has 1 aromatic carbocycles. The summed E-state index contributed by atoms with van der Waals surface area (Å²) in [6.45, 7) is 1.51. The molecule has 5 rings (SSSR count). The summed E-state index contributed by atoms with van der Waals surface area (Å²) in [5.74, 6) is -2.42. The number of carbonyl (C=O) groups excluding carboxylic acids is 2. The number of anilines is 2. The van der Waals surface area contributed by atoms with E-state index in [-0.39, 0.29) is 40.3 Å². The van der Waals surface area contributed by atoms with Crippen LogP contribution in [0.5, 0.6) is 0 Å². The van der Waals surface area contributed by atoms with Crippen LogP contribution in [0.3, 0.4) is 0 Å². The molecule has 0 saturated carbocycles. The Kier molecular flexibility index (Phi) is 6.18. The van der Waals surface area contributed by atoms with Crippen LogP contribution >= 0.6 is 23.2 Å². The van der Waals surface area contributed by atoms with Gasteiger partial charge in [0.15, 0.2) is 5.67 Å². The maximum absolute atomic E-state index is 15.6. The van der Waals surface area contributed by atoms with Gasteiger partial charge in [-0.3, -0.25) is 19.5 Å². The molecule has 186 valence electrons. The van der Waals surface area contributed by atoms with Crippen molar-refractivity contribution in [3.05, 3.63) is 70.0 Å². The van der Waals surface area contributed by atoms with E-state index < -0.39 is 35.8 Å². The number of aromatic nitrogens is 2. The Balaban J connectivity index is 1.59. The quantitative estimate of drug-likeness (QED) is 0.489. The fraction of sp³-hybridized carbons (Fsp3) is 0.280. The minimum atomic E-state index is -1.74. The maximum atomic E-state index is 15.6. The lowest BCUT2D eigenvalue weighted by Gasteiger charge is -2.42. The zero-order chi connectivity index (χ0) is 25.8. The summed E-state index contributed by atoms with van der Waals surface area (Å²) in [4.78, 5) is 38.4. The number of amides is 2. The molecule has 1 N–H and O–H groups in total. The number of nitrogens with one attached hydrogen (secondary N) is 1. The average molecular weight is 532 g/mol. The molecule has 2 aliphatic heterocycles. The van der Waals surface area contributed by atoms with Crippen molar-refractivity contribution in [3.63, 3.8) is 0 Å². The van der Waals surface area contributed by atoms with Crippen LogP contribution in [-0.4, -0.2) is 53.4 Å². The molecular weight excluding hydrogens is 511 g/mol. The van der Waals surface area contributed by atoms with Gasteiger partial charge in [0.05, 0.1) is 28.0 Å². The highest BCUT2D eigenvalue weighted by Crippen LogP contribution is 2.46. The lowest BCUT2D eigenvalue weighted by Crippen LogP contribution is -2.55. The third-order valence-electron chi connectivity index (χ3n) is 6.40. The van der Waals surface area contributed by atoms with Gasteiger partial charge < -0.3 is 10.2 Å². The third-order valence-corrected chi connectivity index (χ3v) is 6.98. The lowest BCUT2D eigenvalue weighted by molar-refractivity contribution is -0.122. The van der Waals surface area contributed by atoms with Gasteiger partial charge in [-0.05, 0) is 44.3 Å². The van der Waals surface area contributed by atoms with Crippen molar-refractivity contribution in [1.82, 2.24) is 14.9 Å². The minimum Gasteiger partial charge on any atom is -0.324 e. The zero-order valence-electron chi connectivity index (χ0n) is 19.4. The number of fused-ring (bicyclic) bond motifs is 3. The van der Waals surface area contributed by atoms with Gasteiger partial charge in [-0.25, -0.2) is 13.8 Å². The number of alkyl halides is 1. The van der Waals surface area contributed by atoms with Crippen LogP contribution in [0.2, 0.25) is 10.2 Å². The molecule has 36 heavy (non-hydrogen) atoms. The highest BCUT2D eigenvalue weighted by atomic mass is 35.5. The van der Waals surface area contributed by atoms with Crippen LogP contribution in [0.1, 0.15) is 24.2 Å². The molecule has 1 fully saturated rings. The number of benzene rings is 1. The molecule has 1 unspecified atom stereocenters. The highest BCUT2D eigenvalue weighted by molar-refractivity contribution is 6.33. The Morgan fingerprint density at radius 1 is 1.25 bits per heavy atom. The number of carbonyl (C=O) groups is 2. The fourth-order valence-corrected chi connectivity index (χ4v) is 5.10. The number of nitrogens with zero attached hydrogens (tertiary/aromatic N) is 4. The Morgan fingerprint density at radius 3 is 2.69 bits per heavy atom. The van der Waals surface area contributed by atoms with Crippen molar-refractivity contribution in [2.75, 3.05) is 36.9 Å². The molecule has 0 aliphatic carbocycles. The van der Waals surface area contributed by atoms with Gasteiger partial charge in [-0.2, -0.15) is 0 Å². The molecule has 11 heteroatoms. The summed E-state index contributed by atoms with van der Waals surface area (Å²) < 4.78 is 29.4. The van der Waals surface area contributed by atoms with E-state index in [4.69, 9.17) is 23.2 Å². The monoisotopic (exact) mass is 531 g/mol. The van der Waals surface area contributed by atoms with E-state index in [1.165, 1.54) is 23.1 Å². The average Bonchev–Trinajstić information content (AvgIpc) is 2.90. The maximum Gasteiger partial charge on any atom is 0.244 e. The first-order valence-corrected chi connectivity index (χ1v) is 11.9. The van der Waals surface area contributed by atoms with Gasteiger partial charge in [-0.1, -0.05) is 29.3 Å². The Bertz CT molecular complexity index is 1400. The van der Waals surface area contributed by atoms with Gasteiger partial charge in [0, 0.05) is 36.1 Å². The van der Waals surface area contributed by atoms with Crippen molar-refractivity contribution < 1.29 is 18.4 Å². The first-order chi connectivity index (χ1) is 17.1. The molecule has 0 radical (unpaired) electrons. The minimum absolute atomic E-state index is 0.00964. The second-order valence-electron chi connectivity index (χ2n) is 9.09.